The molecule has 0 spiro atoms. The van der Waals surface area contributed by atoms with Crippen molar-refractivity contribution in [2.24, 2.45) is 11.8 Å². The average Bonchev–Trinajstić information content (AvgIpc) is 1.99. The van der Waals surface area contributed by atoms with Crippen LogP contribution in [0.1, 0.15) is 33.6 Å². The van der Waals surface area contributed by atoms with Crippen molar-refractivity contribution in [1.82, 2.24) is 5.32 Å². The van der Waals surface area contributed by atoms with Gasteiger partial charge < -0.3 is 10.1 Å². The van der Waals surface area contributed by atoms with Gasteiger partial charge in [0.1, 0.15) is 5.60 Å². The van der Waals surface area contributed by atoms with E-state index in [1.807, 2.05) is 6.92 Å². The lowest BCUT2D eigenvalue weighted by molar-refractivity contribution is -0.0791. The zero-order valence-corrected chi connectivity index (χ0v) is 8.89. The maximum Gasteiger partial charge on any atom is 0.407 e. The smallest absolute Gasteiger partial charge is 0.407 e. The van der Waals surface area contributed by atoms with Crippen LogP contribution in [0.4, 0.5) is 4.79 Å². The number of amides is 1. The Morgan fingerprint density at radius 3 is 2.46 bits per heavy atom. The molecule has 0 heterocycles. The van der Waals surface area contributed by atoms with E-state index in [4.69, 9.17) is 4.74 Å². The van der Waals surface area contributed by atoms with Gasteiger partial charge in [0.25, 0.3) is 0 Å². The summed E-state index contributed by atoms with van der Waals surface area (Å²) in [6.45, 7) is 6.43. The summed E-state index contributed by atoms with van der Waals surface area (Å²) in [7, 11) is 1.59. The van der Waals surface area contributed by atoms with Crippen LogP contribution in [0.25, 0.3) is 0 Å². The molecule has 3 nitrogen and oxygen atoms in total. The Morgan fingerprint density at radius 1 is 1.54 bits per heavy atom. The van der Waals surface area contributed by atoms with Crippen LogP contribution >= 0.6 is 0 Å². The molecule has 0 bridgehead atoms. The van der Waals surface area contributed by atoms with Gasteiger partial charge in [-0.05, 0) is 31.6 Å². The summed E-state index contributed by atoms with van der Waals surface area (Å²) >= 11 is 0. The first-order valence-electron chi connectivity index (χ1n) is 4.87. The Balaban J connectivity index is 2.33. The van der Waals surface area contributed by atoms with Crippen molar-refractivity contribution >= 4 is 6.09 Å². The van der Waals surface area contributed by atoms with Crippen molar-refractivity contribution in [3.63, 3.8) is 0 Å². The second-order valence-corrected chi connectivity index (χ2v) is 4.50. The maximum atomic E-state index is 11.0. The highest BCUT2D eigenvalue weighted by atomic mass is 16.6. The van der Waals surface area contributed by atoms with E-state index >= 15 is 0 Å². The molecule has 0 radical (unpaired) electrons. The van der Waals surface area contributed by atoms with Gasteiger partial charge in [0.05, 0.1) is 0 Å². The molecule has 13 heavy (non-hydrogen) atoms. The Kier molecular flexibility index (Phi) is 2.84. The van der Waals surface area contributed by atoms with Crippen molar-refractivity contribution in [3.05, 3.63) is 0 Å². The lowest BCUT2D eigenvalue weighted by Crippen LogP contribution is -2.48. The van der Waals surface area contributed by atoms with E-state index in [1.165, 1.54) is 0 Å². The Morgan fingerprint density at radius 2 is 2.08 bits per heavy atom. The number of ether oxygens (including phenoxy) is 1. The van der Waals surface area contributed by atoms with E-state index in [0.717, 1.165) is 18.8 Å². The highest BCUT2D eigenvalue weighted by Crippen LogP contribution is 2.44. The van der Waals surface area contributed by atoms with Gasteiger partial charge in [0.2, 0.25) is 0 Å². The highest BCUT2D eigenvalue weighted by molar-refractivity contribution is 5.67. The van der Waals surface area contributed by atoms with E-state index in [2.05, 4.69) is 19.2 Å². The molecule has 0 atom stereocenters. The fourth-order valence-corrected chi connectivity index (χ4v) is 1.88. The number of nitrogens with one attached hydrogen (secondary N) is 1. The van der Waals surface area contributed by atoms with E-state index < -0.39 is 0 Å². The molecule has 1 rings (SSSR count). The number of carbonyl (C=O) groups is 1. The number of alkyl carbamates (subject to hydrolysis) is 1. The second kappa shape index (κ2) is 3.56. The number of hydrogen-bond donors (Lipinski definition) is 1. The van der Waals surface area contributed by atoms with E-state index in [-0.39, 0.29) is 11.7 Å². The van der Waals surface area contributed by atoms with Gasteiger partial charge in [-0.25, -0.2) is 4.79 Å². The van der Waals surface area contributed by atoms with Crippen LogP contribution in [0.5, 0.6) is 0 Å². The average molecular weight is 185 g/mol. The molecule has 0 saturated heterocycles. The van der Waals surface area contributed by atoms with Gasteiger partial charge in [0, 0.05) is 7.05 Å². The predicted octanol–water partition coefficient (Wildman–Crippen LogP) is 2.17. The van der Waals surface area contributed by atoms with Gasteiger partial charge >= 0.3 is 6.09 Å². The Bertz CT molecular complexity index is 195. The van der Waals surface area contributed by atoms with Gasteiger partial charge in [-0.3, -0.25) is 0 Å². The number of carbonyl (C=O) groups excluding carboxylic acids is 1. The monoisotopic (exact) mass is 185 g/mol. The number of hydrogen-bond acceptors (Lipinski definition) is 2. The van der Waals surface area contributed by atoms with Crippen LogP contribution in [0.15, 0.2) is 0 Å². The summed E-state index contributed by atoms with van der Waals surface area (Å²) in [6, 6.07) is 0. The standard InChI is InChI=1S/C10H19NO2/c1-7(2)8-5-10(3,6-8)13-9(12)11-4/h7-8H,5-6H2,1-4H3,(H,11,12). The molecule has 1 N–H and O–H groups in total. The molecular weight excluding hydrogens is 166 g/mol. The molecule has 1 saturated carbocycles. The molecule has 3 heteroatoms. The predicted molar refractivity (Wildman–Crippen MR) is 51.5 cm³/mol. The Hall–Kier alpha value is -0.730. The first-order valence-corrected chi connectivity index (χ1v) is 4.87. The molecule has 1 amide bonds. The zero-order valence-electron chi connectivity index (χ0n) is 8.89. The summed E-state index contributed by atoms with van der Waals surface area (Å²) in [6.07, 6.45) is 1.68. The SMILES string of the molecule is CNC(=O)OC1(C)CC(C(C)C)C1. The summed E-state index contributed by atoms with van der Waals surface area (Å²) in [4.78, 5) is 11.0. The lowest BCUT2D eigenvalue weighted by atomic mass is 9.67. The topological polar surface area (TPSA) is 38.3 Å². The van der Waals surface area contributed by atoms with E-state index in [1.54, 1.807) is 7.05 Å². The molecule has 1 fully saturated rings. The van der Waals surface area contributed by atoms with Crippen LogP contribution < -0.4 is 5.32 Å². The minimum Gasteiger partial charge on any atom is -0.443 e. The summed E-state index contributed by atoms with van der Waals surface area (Å²) < 4.78 is 5.25. The Labute approximate surface area is 79.8 Å². The molecule has 0 unspecified atom stereocenters. The largest absolute Gasteiger partial charge is 0.443 e. The quantitative estimate of drug-likeness (QED) is 0.716. The number of rotatable bonds is 2. The summed E-state index contributed by atoms with van der Waals surface area (Å²) in [5.74, 6) is 1.41. The third kappa shape index (κ3) is 2.36. The van der Waals surface area contributed by atoms with Crippen molar-refractivity contribution < 1.29 is 9.53 Å². The van der Waals surface area contributed by atoms with Crippen molar-refractivity contribution in [2.45, 2.75) is 39.2 Å². The molecular formula is C10H19NO2. The highest BCUT2D eigenvalue weighted by Gasteiger charge is 2.44. The fourth-order valence-electron chi connectivity index (χ4n) is 1.88. The van der Waals surface area contributed by atoms with Crippen LogP contribution in [0.3, 0.4) is 0 Å². The van der Waals surface area contributed by atoms with Crippen LogP contribution in [-0.2, 0) is 4.74 Å². The van der Waals surface area contributed by atoms with Crippen LogP contribution in [0.2, 0.25) is 0 Å². The summed E-state index contributed by atoms with van der Waals surface area (Å²) in [5, 5.41) is 2.47. The van der Waals surface area contributed by atoms with Crippen molar-refractivity contribution in [1.29, 1.82) is 0 Å². The molecule has 0 aromatic heterocycles. The molecule has 1 aliphatic carbocycles. The van der Waals surface area contributed by atoms with Gasteiger partial charge in [-0.1, -0.05) is 13.8 Å². The molecule has 0 aromatic rings. The zero-order chi connectivity index (χ0) is 10.1. The van der Waals surface area contributed by atoms with E-state index in [0.29, 0.717) is 5.92 Å². The molecule has 0 aliphatic heterocycles. The molecule has 1 aliphatic rings. The minimum absolute atomic E-state index is 0.213. The van der Waals surface area contributed by atoms with Gasteiger partial charge in [0.15, 0.2) is 0 Å². The molecule has 76 valence electrons. The fraction of sp³-hybridized carbons (Fsp3) is 0.900. The van der Waals surface area contributed by atoms with Gasteiger partial charge in [-0.2, -0.15) is 0 Å². The van der Waals surface area contributed by atoms with Crippen LogP contribution in [-0.4, -0.2) is 18.7 Å². The third-order valence-electron chi connectivity index (χ3n) is 2.87. The first kappa shape index (κ1) is 10.4. The van der Waals surface area contributed by atoms with Crippen molar-refractivity contribution in [3.8, 4) is 0 Å². The van der Waals surface area contributed by atoms with Gasteiger partial charge in [-0.15, -0.1) is 0 Å². The van der Waals surface area contributed by atoms with E-state index in [9.17, 15) is 4.79 Å². The first-order chi connectivity index (χ1) is 5.97. The minimum atomic E-state index is -0.315. The second-order valence-electron chi connectivity index (χ2n) is 4.50. The normalized spacial score (nSPS) is 32.5. The lowest BCUT2D eigenvalue weighted by Gasteiger charge is -2.46. The van der Waals surface area contributed by atoms with Crippen LogP contribution in [0, 0.1) is 11.8 Å². The molecule has 0 aromatic carbocycles. The maximum absolute atomic E-state index is 11.0. The summed E-state index contributed by atoms with van der Waals surface area (Å²) in [5.41, 5.74) is -0.213. The third-order valence-corrected chi connectivity index (χ3v) is 2.87. The van der Waals surface area contributed by atoms with Crippen molar-refractivity contribution in [2.75, 3.05) is 7.05 Å².